The first-order chi connectivity index (χ1) is 27.7. The molecule has 3 N–H and O–H groups in total. The molecular weight excluding hydrogens is 687 g/mol. The zero-order chi connectivity index (χ0) is 40.7. The number of hydrogen-bond donors (Lipinski definition) is 3. The maximum atomic E-state index is 12.4. The Morgan fingerprint density at radius 1 is 0.411 bits per heavy atom. The number of allylic oxidation sites excluding steroid dienone is 3. The Morgan fingerprint density at radius 2 is 0.696 bits per heavy atom. The first kappa shape index (κ1) is 54.9. The van der Waals surface area contributed by atoms with Crippen molar-refractivity contribution in [3.63, 3.8) is 0 Å². The lowest BCUT2D eigenvalue weighted by Gasteiger charge is -2.19. The number of aliphatic hydroxyl groups excluding tert-OH is 2. The monoisotopic (exact) mass is 788 g/mol. The van der Waals surface area contributed by atoms with Crippen molar-refractivity contribution in [2.75, 3.05) is 6.61 Å². The van der Waals surface area contributed by atoms with Gasteiger partial charge in [0.15, 0.2) is 0 Å². The Morgan fingerprint density at radius 3 is 1.04 bits per heavy atom. The van der Waals surface area contributed by atoms with Gasteiger partial charge < -0.3 is 15.5 Å². The zero-order valence-electron chi connectivity index (χ0n) is 38.2. The maximum absolute atomic E-state index is 12.4. The Bertz CT molecular complexity index is 810. The van der Waals surface area contributed by atoms with Gasteiger partial charge in [-0.05, 0) is 32.1 Å². The van der Waals surface area contributed by atoms with Crippen molar-refractivity contribution in [1.82, 2.24) is 5.32 Å². The number of amides is 1. The fraction of sp³-hybridized carbons (Fsp3) is 0.904. The molecule has 0 saturated heterocycles. The van der Waals surface area contributed by atoms with Crippen LogP contribution in [-0.2, 0) is 4.79 Å². The third-order valence-corrected chi connectivity index (χ3v) is 11.9. The van der Waals surface area contributed by atoms with Crippen LogP contribution in [0, 0.1) is 0 Å². The molecule has 4 heteroatoms. The molecule has 1 amide bonds. The van der Waals surface area contributed by atoms with Crippen LogP contribution >= 0.6 is 0 Å². The minimum absolute atomic E-state index is 0.0709. The van der Waals surface area contributed by atoms with E-state index in [1.807, 2.05) is 6.08 Å². The van der Waals surface area contributed by atoms with Gasteiger partial charge >= 0.3 is 0 Å². The molecular formula is C52H101NO3. The second kappa shape index (κ2) is 48.2. The van der Waals surface area contributed by atoms with Crippen molar-refractivity contribution in [1.29, 1.82) is 0 Å². The van der Waals surface area contributed by atoms with Crippen molar-refractivity contribution < 1.29 is 15.0 Å². The summed E-state index contributed by atoms with van der Waals surface area (Å²) in [6.45, 7) is 4.32. The molecule has 0 aromatic carbocycles. The summed E-state index contributed by atoms with van der Waals surface area (Å²) in [5, 5.41) is 23.0. The Kier molecular flexibility index (Phi) is 47.3. The molecule has 0 radical (unpaired) electrons. The molecule has 0 rings (SSSR count). The van der Waals surface area contributed by atoms with Gasteiger partial charge in [-0.3, -0.25) is 4.79 Å². The lowest BCUT2D eigenvalue weighted by molar-refractivity contribution is -0.123. The summed E-state index contributed by atoms with van der Waals surface area (Å²) in [4.78, 5) is 12.4. The normalized spacial score (nSPS) is 13.0. The highest BCUT2D eigenvalue weighted by atomic mass is 16.3. The van der Waals surface area contributed by atoms with E-state index in [1.165, 1.54) is 231 Å². The van der Waals surface area contributed by atoms with E-state index in [0.29, 0.717) is 6.42 Å². The summed E-state index contributed by atoms with van der Waals surface area (Å²) in [7, 11) is 0. The summed E-state index contributed by atoms with van der Waals surface area (Å²) in [6, 6.07) is -0.634. The number of nitrogens with one attached hydrogen (secondary N) is 1. The largest absolute Gasteiger partial charge is 0.394 e. The molecule has 332 valence electrons. The smallest absolute Gasteiger partial charge is 0.220 e. The van der Waals surface area contributed by atoms with Crippen molar-refractivity contribution in [2.45, 2.75) is 296 Å². The number of rotatable bonds is 47. The molecule has 0 aliphatic carbocycles. The second-order valence-corrected chi connectivity index (χ2v) is 17.6. The molecule has 0 spiro atoms. The van der Waals surface area contributed by atoms with Crippen molar-refractivity contribution >= 4 is 5.91 Å². The lowest BCUT2D eigenvalue weighted by atomic mass is 10.0. The summed E-state index contributed by atoms with van der Waals surface area (Å²) in [6.07, 6.45) is 63.3. The topological polar surface area (TPSA) is 69.6 Å². The zero-order valence-corrected chi connectivity index (χ0v) is 38.2. The van der Waals surface area contributed by atoms with Gasteiger partial charge in [0.05, 0.1) is 18.8 Å². The number of carbonyl (C=O) groups is 1. The van der Waals surface area contributed by atoms with Crippen molar-refractivity contribution in [3.8, 4) is 0 Å². The van der Waals surface area contributed by atoms with Gasteiger partial charge in [-0.15, -0.1) is 0 Å². The van der Waals surface area contributed by atoms with Crippen LogP contribution in [-0.4, -0.2) is 34.9 Å². The van der Waals surface area contributed by atoms with E-state index in [2.05, 4.69) is 31.3 Å². The Hall–Kier alpha value is -1.13. The minimum Gasteiger partial charge on any atom is -0.394 e. The second-order valence-electron chi connectivity index (χ2n) is 17.6. The van der Waals surface area contributed by atoms with Gasteiger partial charge in [-0.1, -0.05) is 269 Å². The standard InChI is InChI=1S/C52H101NO3/c1-3-5-7-9-11-13-15-17-18-19-20-21-22-23-24-25-26-27-28-29-30-31-32-33-34-36-37-39-41-43-45-47-51(55)50(49-54)53-52(56)48-46-44-42-40-38-35-16-14-12-10-8-6-4-2/h37,39,45,47,50-51,54-55H,3-36,38,40-44,46,48-49H2,1-2H3,(H,53,56)/b39-37+,47-45+. The molecule has 4 nitrogen and oxygen atoms in total. The van der Waals surface area contributed by atoms with Gasteiger partial charge in [0.25, 0.3) is 0 Å². The molecule has 0 fully saturated rings. The van der Waals surface area contributed by atoms with Crippen LogP contribution in [0.3, 0.4) is 0 Å². The fourth-order valence-corrected chi connectivity index (χ4v) is 8.02. The average Bonchev–Trinajstić information content (AvgIpc) is 3.20. The lowest BCUT2D eigenvalue weighted by Crippen LogP contribution is -2.45. The number of hydrogen-bond acceptors (Lipinski definition) is 3. The Labute approximate surface area is 351 Å². The van der Waals surface area contributed by atoms with E-state index >= 15 is 0 Å². The van der Waals surface area contributed by atoms with Crippen LogP contribution in [0.25, 0.3) is 0 Å². The molecule has 0 saturated carbocycles. The van der Waals surface area contributed by atoms with E-state index in [9.17, 15) is 15.0 Å². The highest BCUT2D eigenvalue weighted by molar-refractivity contribution is 5.76. The number of aliphatic hydroxyl groups is 2. The molecule has 0 heterocycles. The van der Waals surface area contributed by atoms with Gasteiger partial charge in [0, 0.05) is 6.42 Å². The van der Waals surface area contributed by atoms with Crippen LogP contribution in [0.4, 0.5) is 0 Å². The SMILES string of the molecule is CCCCCCCCCCCCCCCCCCCCCCCCCCC/C=C/CC/C=C/C(O)C(CO)NC(=O)CCCCCCCCCCCCCCC. The molecule has 2 atom stereocenters. The number of carbonyl (C=O) groups excluding carboxylic acids is 1. The first-order valence-corrected chi connectivity index (χ1v) is 25.6. The highest BCUT2D eigenvalue weighted by Crippen LogP contribution is 2.17. The van der Waals surface area contributed by atoms with Gasteiger partial charge in [0.1, 0.15) is 0 Å². The van der Waals surface area contributed by atoms with Gasteiger partial charge in [0.2, 0.25) is 5.91 Å². The maximum Gasteiger partial charge on any atom is 0.220 e. The van der Waals surface area contributed by atoms with E-state index in [4.69, 9.17) is 0 Å². The van der Waals surface area contributed by atoms with Crippen LogP contribution in [0.15, 0.2) is 24.3 Å². The van der Waals surface area contributed by atoms with Crippen molar-refractivity contribution in [2.24, 2.45) is 0 Å². The van der Waals surface area contributed by atoms with Crippen LogP contribution in [0.1, 0.15) is 284 Å². The van der Waals surface area contributed by atoms with E-state index in [1.54, 1.807) is 6.08 Å². The fourth-order valence-electron chi connectivity index (χ4n) is 8.02. The quantitative estimate of drug-likeness (QED) is 0.0425. The summed E-state index contributed by atoms with van der Waals surface area (Å²) in [5.74, 6) is -0.0709. The first-order valence-electron chi connectivity index (χ1n) is 25.6. The molecule has 0 aromatic heterocycles. The molecule has 0 aromatic rings. The van der Waals surface area contributed by atoms with Crippen molar-refractivity contribution in [3.05, 3.63) is 24.3 Å². The molecule has 0 aliphatic heterocycles. The summed E-state index contributed by atoms with van der Waals surface area (Å²) >= 11 is 0. The summed E-state index contributed by atoms with van der Waals surface area (Å²) < 4.78 is 0. The minimum atomic E-state index is -0.858. The average molecular weight is 788 g/mol. The van der Waals surface area contributed by atoms with Crippen LogP contribution < -0.4 is 5.32 Å². The Balaban J connectivity index is 3.47. The third-order valence-electron chi connectivity index (χ3n) is 11.9. The molecule has 56 heavy (non-hydrogen) atoms. The highest BCUT2D eigenvalue weighted by Gasteiger charge is 2.17. The predicted molar refractivity (Wildman–Crippen MR) is 249 cm³/mol. The molecule has 2 unspecified atom stereocenters. The molecule has 0 bridgehead atoms. The molecule has 0 aliphatic rings. The van der Waals surface area contributed by atoms with Gasteiger partial charge in [-0.2, -0.15) is 0 Å². The summed E-state index contributed by atoms with van der Waals surface area (Å²) in [5.41, 5.74) is 0. The number of unbranched alkanes of at least 4 members (excludes halogenated alkanes) is 38. The van der Waals surface area contributed by atoms with E-state index in [-0.39, 0.29) is 12.5 Å². The van der Waals surface area contributed by atoms with E-state index < -0.39 is 12.1 Å². The van der Waals surface area contributed by atoms with Crippen LogP contribution in [0.2, 0.25) is 0 Å². The van der Waals surface area contributed by atoms with Crippen LogP contribution in [0.5, 0.6) is 0 Å². The van der Waals surface area contributed by atoms with E-state index in [0.717, 1.165) is 32.1 Å². The predicted octanol–water partition coefficient (Wildman–Crippen LogP) is 16.4. The van der Waals surface area contributed by atoms with Gasteiger partial charge in [-0.25, -0.2) is 0 Å². The third kappa shape index (κ3) is 44.0.